The van der Waals surface area contributed by atoms with Crippen molar-refractivity contribution in [2.24, 2.45) is 0 Å². The normalized spacial score (nSPS) is 11.3. The topological polar surface area (TPSA) is 13.1 Å². The fourth-order valence-corrected chi connectivity index (χ4v) is 2.46. The van der Waals surface area contributed by atoms with E-state index in [-0.39, 0.29) is 0 Å². The monoisotopic (exact) mass is 328 g/mol. The molecule has 3 heteroatoms. The molecule has 1 aromatic heterocycles. The summed E-state index contributed by atoms with van der Waals surface area (Å²) < 4.78 is 6.75. The molecule has 15 heavy (non-hydrogen) atoms. The van der Waals surface area contributed by atoms with Crippen LogP contribution in [0.5, 0.6) is 0 Å². The van der Waals surface area contributed by atoms with Crippen LogP contribution in [0.3, 0.4) is 0 Å². The molecule has 0 saturated heterocycles. The van der Waals surface area contributed by atoms with Gasteiger partial charge in [-0.1, -0.05) is 29.8 Å². The molecule has 0 aliphatic heterocycles. The van der Waals surface area contributed by atoms with Gasteiger partial charge < -0.3 is 4.42 Å². The highest BCUT2D eigenvalue weighted by Crippen LogP contribution is 2.34. The molecule has 74 valence electrons. The van der Waals surface area contributed by atoms with Crippen LogP contribution in [-0.4, -0.2) is 0 Å². The molecule has 2 aromatic carbocycles. The first-order valence-corrected chi connectivity index (χ1v) is 5.98. The molecule has 0 atom stereocenters. The van der Waals surface area contributed by atoms with Gasteiger partial charge in [-0.15, -0.1) is 0 Å². The summed E-state index contributed by atoms with van der Waals surface area (Å²) in [4.78, 5) is 0. The number of furan rings is 1. The van der Waals surface area contributed by atoms with Crippen molar-refractivity contribution in [1.29, 1.82) is 0 Å². The Balaban J connectivity index is 2.60. The Bertz CT molecular complexity index is 657. The minimum absolute atomic E-state index is 0.738. The summed E-state index contributed by atoms with van der Waals surface area (Å²) in [6.45, 7) is 0. The van der Waals surface area contributed by atoms with Crippen molar-refractivity contribution in [1.82, 2.24) is 0 Å². The van der Waals surface area contributed by atoms with Gasteiger partial charge in [-0.3, -0.25) is 0 Å². The molecule has 0 radical (unpaired) electrons. The van der Waals surface area contributed by atoms with Gasteiger partial charge >= 0.3 is 0 Å². The Morgan fingerprint density at radius 1 is 1.00 bits per heavy atom. The Morgan fingerprint density at radius 3 is 2.67 bits per heavy atom. The maximum Gasteiger partial charge on any atom is 0.150 e. The van der Waals surface area contributed by atoms with Crippen LogP contribution in [-0.2, 0) is 0 Å². The predicted molar refractivity (Wildman–Crippen MR) is 71.4 cm³/mol. The van der Waals surface area contributed by atoms with Crippen LogP contribution in [0.1, 0.15) is 0 Å². The molecule has 0 saturated carbocycles. The van der Waals surface area contributed by atoms with E-state index in [4.69, 9.17) is 16.0 Å². The Kier molecular flexibility index (Phi) is 2.14. The van der Waals surface area contributed by atoms with E-state index in [9.17, 15) is 0 Å². The molecular formula is C12H6ClIO. The van der Waals surface area contributed by atoms with Crippen molar-refractivity contribution in [3.8, 4) is 0 Å². The lowest BCUT2D eigenvalue weighted by Crippen LogP contribution is -1.74. The van der Waals surface area contributed by atoms with Gasteiger partial charge in [0.05, 0.1) is 8.59 Å². The van der Waals surface area contributed by atoms with Gasteiger partial charge in [-0.25, -0.2) is 0 Å². The van der Waals surface area contributed by atoms with Gasteiger partial charge in [0.1, 0.15) is 11.2 Å². The van der Waals surface area contributed by atoms with E-state index in [1.165, 1.54) is 0 Å². The first kappa shape index (κ1) is 9.48. The molecule has 0 unspecified atom stereocenters. The third-order valence-electron chi connectivity index (χ3n) is 2.44. The summed E-state index contributed by atoms with van der Waals surface area (Å²) in [5.74, 6) is 0. The lowest BCUT2D eigenvalue weighted by molar-refractivity contribution is 0.666. The van der Waals surface area contributed by atoms with Gasteiger partial charge in [0, 0.05) is 10.8 Å². The average Bonchev–Trinajstić information content (AvgIpc) is 2.63. The van der Waals surface area contributed by atoms with Crippen molar-refractivity contribution in [2.45, 2.75) is 0 Å². The predicted octanol–water partition coefficient (Wildman–Crippen LogP) is 4.84. The number of para-hydroxylation sites is 1. The first-order chi connectivity index (χ1) is 7.27. The maximum absolute atomic E-state index is 6.05. The van der Waals surface area contributed by atoms with Crippen LogP contribution in [0, 0.1) is 3.57 Å². The molecule has 0 spiro atoms. The molecule has 0 fully saturated rings. The van der Waals surface area contributed by atoms with Crippen molar-refractivity contribution < 1.29 is 4.42 Å². The van der Waals surface area contributed by atoms with E-state index < -0.39 is 0 Å². The molecular weight excluding hydrogens is 322 g/mol. The lowest BCUT2D eigenvalue weighted by Gasteiger charge is -1.95. The SMILES string of the molecule is Clc1ccc2c(oc3ccccc32)c1I. The number of halogens is 2. The quantitative estimate of drug-likeness (QED) is 0.538. The van der Waals surface area contributed by atoms with E-state index in [0.717, 1.165) is 30.5 Å². The van der Waals surface area contributed by atoms with Crippen LogP contribution in [0.15, 0.2) is 40.8 Å². The minimum Gasteiger partial charge on any atom is -0.455 e. The van der Waals surface area contributed by atoms with Gasteiger partial charge in [-0.2, -0.15) is 0 Å². The molecule has 0 bridgehead atoms. The summed E-state index contributed by atoms with van der Waals surface area (Å²) in [6.07, 6.45) is 0. The Morgan fingerprint density at radius 2 is 1.80 bits per heavy atom. The number of fused-ring (bicyclic) bond motifs is 3. The number of hydrogen-bond donors (Lipinski definition) is 0. The van der Waals surface area contributed by atoms with E-state index in [2.05, 4.69) is 28.7 Å². The molecule has 0 N–H and O–H groups in total. The van der Waals surface area contributed by atoms with E-state index in [1.807, 2.05) is 30.3 Å². The minimum atomic E-state index is 0.738. The van der Waals surface area contributed by atoms with Crippen LogP contribution in [0.4, 0.5) is 0 Å². The molecule has 1 nitrogen and oxygen atoms in total. The molecule has 0 aliphatic rings. The summed E-state index contributed by atoms with van der Waals surface area (Å²) in [7, 11) is 0. The number of hydrogen-bond acceptors (Lipinski definition) is 1. The van der Waals surface area contributed by atoms with Gasteiger partial charge in [0.15, 0.2) is 0 Å². The highest BCUT2D eigenvalue weighted by atomic mass is 127. The average molecular weight is 329 g/mol. The summed E-state index contributed by atoms with van der Waals surface area (Å²) in [5, 5.41) is 3.00. The zero-order chi connectivity index (χ0) is 10.4. The Labute approximate surface area is 105 Å². The number of rotatable bonds is 0. The van der Waals surface area contributed by atoms with E-state index >= 15 is 0 Å². The highest BCUT2D eigenvalue weighted by molar-refractivity contribution is 14.1. The van der Waals surface area contributed by atoms with Gasteiger partial charge in [-0.05, 0) is 40.8 Å². The van der Waals surface area contributed by atoms with Crippen molar-refractivity contribution >= 4 is 56.1 Å². The molecule has 1 heterocycles. The van der Waals surface area contributed by atoms with Crippen LogP contribution >= 0.6 is 34.2 Å². The largest absolute Gasteiger partial charge is 0.455 e. The summed E-state index contributed by atoms with van der Waals surface area (Å²) in [5.41, 5.74) is 1.79. The molecule has 0 amide bonds. The third kappa shape index (κ3) is 1.35. The van der Waals surface area contributed by atoms with E-state index in [0.29, 0.717) is 0 Å². The standard InChI is InChI=1S/C12H6ClIO/c13-9-6-5-8-7-3-1-2-4-10(7)15-12(8)11(9)14/h1-6H. The Hall–Kier alpha value is -0.740. The summed E-state index contributed by atoms with van der Waals surface area (Å²) in [6, 6.07) is 11.9. The smallest absolute Gasteiger partial charge is 0.150 e. The van der Waals surface area contributed by atoms with Crippen LogP contribution in [0.2, 0.25) is 5.02 Å². The maximum atomic E-state index is 6.05. The lowest BCUT2D eigenvalue weighted by atomic mass is 10.2. The first-order valence-electron chi connectivity index (χ1n) is 4.52. The van der Waals surface area contributed by atoms with Crippen molar-refractivity contribution in [3.63, 3.8) is 0 Å². The zero-order valence-electron chi connectivity index (χ0n) is 7.63. The van der Waals surface area contributed by atoms with Crippen LogP contribution in [0.25, 0.3) is 21.9 Å². The fourth-order valence-electron chi connectivity index (χ4n) is 1.73. The second-order valence-electron chi connectivity index (χ2n) is 3.34. The fraction of sp³-hybridized carbons (Fsp3) is 0. The van der Waals surface area contributed by atoms with Crippen molar-refractivity contribution in [2.75, 3.05) is 0 Å². The summed E-state index contributed by atoms with van der Waals surface area (Å²) >= 11 is 8.26. The van der Waals surface area contributed by atoms with Gasteiger partial charge in [0.2, 0.25) is 0 Å². The molecule has 3 aromatic rings. The van der Waals surface area contributed by atoms with Crippen LogP contribution < -0.4 is 0 Å². The molecule has 3 rings (SSSR count). The third-order valence-corrected chi connectivity index (χ3v) is 4.14. The second kappa shape index (κ2) is 3.39. The molecule has 0 aliphatic carbocycles. The second-order valence-corrected chi connectivity index (χ2v) is 4.82. The highest BCUT2D eigenvalue weighted by Gasteiger charge is 2.10. The van der Waals surface area contributed by atoms with Gasteiger partial charge in [0.25, 0.3) is 0 Å². The van der Waals surface area contributed by atoms with E-state index in [1.54, 1.807) is 0 Å². The zero-order valence-corrected chi connectivity index (χ0v) is 10.5. The number of benzene rings is 2. The van der Waals surface area contributed by atoms with Crippen molar-refractivity contribution in [3.05, 3.63) is 45.0 Å².